The average Bonchev–Trinajstić information content (AvgIpc) is 2.78. The highest BCUT2D eigenvalue weighted by Crippen LogP contribution is 2.05. The van der Waals surface area contributed by atoms with Gasteiger partial charge in [-0.2, -0.15) is 0 Å². The Morgan fingerprint density at radius 1 is 0.667 bits per heavy atom. The van der Waals surface area contributed by atoms with Crippen molar-refractivity contribution in [2.24, 2.45) is 0 Å². The highest BCUT2D eigenvalue weighted by molar-refractivity contribution is 5.77. The first-order valence-corrected chi connectivity index (χ1v) is 11.6. The smallest absolute Gasteiger partial charge is 0.329 e. The molecule has 0 bridgehead atoms. The lowest BCUT2D eigenvalue weighted by Crippen LogP contribution is -2.31. The number of carbonyl (C=O) groups excluding carboxylic acids is 2. The molecule has 0 radical (unpaired) electrons. The van der Waals surface area contributed by atoms with E-state index < -0.39 is 18.5 Å². The van der Waals surface area contributed by atoms with Crippen molar-refractivity contribution in [1.29, 1.82) is 0 Å². The van der Waals surface area contributed by atoms with E-state index in [2.05, 4.69) is 17.0 Å². The van der Waals surface area contributed by atoms with Gasteiger partial charge in [-0.1, -0.05) is 32.6 Å². The van der Waals surface area contributed by atoms with E-state index in [1.54, 1.807) is 0 Å². The second-order valence-electron chi connectivity index (χ2n) is 7.07. The van der Waals surface area contributed by atoms with Crippen molar-refractivity contribution < 1.29 is 47.9 Å². The molecular formula is C22H41NO10. The summed E-state index contributed by atoms with van der Waals surface area (Å²) < 4.78 is 31.1. The first kappa shape index (κ1) is 31.2. The van der Waals surface area contributed by atoms with Crippen LogP contribution in [-0.4, -0.2) is 102 Å². The van der Waals surface area contributed by atoms with E-state index in [1.807, 2.05) is 0 Å². The molecule has 11 heteroatoms. The Balaban J connectivity index is 3.19. The van der Waals surface area contributed by atoms with E-state index in [0.29, 0.717) is 65.8 Å². The van der Waals surface area contributed by atoms with E-state index >= 15 is 0 Å². The zero-order valence-electron chi connectivity index (χ0n) is 19.8. The van der Waals surface area contributed by atoms with Gasteiger partial charge in [0.05, 0.1) is 52.9 Å². The standard InChI is InChI=1S/C22H41NO10/c1-2-3-4-5-6-7-22(27)33-17-16-31-15-14-30-13-12-29-11-10-28-9-8-23-20(24)18-32-19-21(25)26/h2-19H2,1H3,(H,23,24)(H,25,26). The number of rotatable bonds is 25. The van der Waals surface area contributed by atoms with Crippen molar-refractivity contribution in [3.63, 3.8) is 0 Å². The Morgan fingerprint density at radius 3 is 1.79 bits per heavy atom. The molecule has 0 saturated carbocycles. The lowest BCUT2D eigenvalue weighted by atomic mass is 10.1. The number of esters is 1. The van der Waals surface area contributed by atoms with Crippen molar-refractivity contribution in [2.45, 2.75) is 45.4 Å². The van der Waals surface area contributed by atoms with Crippen LogP contribution in [-0.2, 0) is 42.8 Å². The maximum Gasteiger partial charge on any atom is 0.329 e. The number of carbonyl (C=O) groups is 3. The highest BCUT2D eigenvalue weighted by atomic mass is 16.6. The quantitative estimate of drug-likeness (QED) is 0.145. The molecule has 0 aliphatic heterocycles. The molecule has 0 fully saturated rings. The summed E-state index contributed by atoms with van der Waals surface area (Å²) in [5, 5.41) is 10.9. The van der Waals surface area contributed by atoms with Crippen molar-refractivity contribution in [3.05, 3.63) is 0 Å². The minimum atomic E-state index is -1.12. The third kappa shape index (κ3) is 26.3. The van der Waals surface area contributed by atoms with Gasteiger partial charge in [0.1, 0.15) is 19.8 Å². The van der Waals surface area contributed by atoms with Crippen LogP contribution >= 0.6 is 0 Å². The van der Waals surface area contributed by atoms with Gasteiger partial charge in [-0.25, -0.2) is 4.79 Å². The Morgan fingerprint density at radius 2 is 1.21 bits per heavy atom. The number of amides is 1. The zero-order chi connectivity index (χ0) is 24.4. The summed E-state index contributed by atoms with van der Waals surface area (Å²) in [5.74, 6) is -1.69. The third-order valence-electron chi connectivity index (χ3n) is 4.12. The number of carboxylic acid groups (broad SMARTS) is 1. The van der Waals surface area contributed by atoms with Crippen LogP contribution < -0.4 is 5.32 Å². The molecule has 0 aliphatic carbocycles. The van der Waals surface area contributed by atoms with Crippen LogP contribution in [0.5, 0.6) is 0 Å². The average molecular weight is 480 g/mol. The summed E-state index contributed by atoms with van der Waals surface area (Å²) in [7, 11) is 0. The van der Waals surface area contributed by atoms with Crippen molar-refractivity contribution >= 4 is 17.8 Å². The third-order valence-corrected chi connectivity index (χ3v) is 4.12. The number of unbranched alkanes of at least 4 members (excludes halogenated alkanes) is 4. The SMILES string of the molecule is CCCCCCCC(=O)OCCOCCOCCOCCOCCNC(=O)COCC(=O)O. The fourth-order valence-corrected chi connectivity index (χ4v) is 2.47. The molecule has 0 unspecified atom stereocenters. The topological polar surface area (TPSA) is 139 Å². The molecule has 0 saturated heterocycles. The predicted molar refractivity (Wildman–Crippen MR) is 119 cm³/mol. The Hall–Kier alpha value is -1.79. The summed E-state index contributed by atoms with van der Waals surface area (Å²) in [6.07, 6.45) is 6.00. The van der Waals surface area contributed by atoms with E-state index in [-0.39, 0.29) is 19.2 Å². The molecule has 0 heterocycles. The summed E-state index contributed by atoms with van der Waals surface area (Å²) in [4.78, 5) is 33.1. The summed E-state index contributed by atoms with van der Waals surface area (Å²) in [5.41, 5.74) is 0. The van der Waals surface area contributed by atoms with Crippen LogP contribution in [0.4, 0.5) is 0 Å². The molecule has 33 heavy (non-hydrogen) atoms. The number of ether oxygens (including phenoxy) is 6. The summed E-state index contributed by atoms with van der Waals surface area (Å²) in [6.45, 7) is 5.09. The molecule has 0 aromatic heterocycles. The maximum atomic E-state index is 11.5. The number of carboxylic acids is 1. The molecule has 0 aliphatic rings. The van der Waals surface area contributed by atoms with Crippen LogP contribution in [0.1, 0.15) is 45.4 Å². The van der Waals surface area contributed by atoms with Crippen LogP contribution in [0.3, 0.4) is 0 Å². The molecule has 0 aromatic carbocycles. The number of hydrogen-bond acceptors (Lipinski definition) is 9. The summed E-state index contributed by atoms with van der Waals surface area (Å²) in [6, 6.07) is 0. The van der Waals surface area contributed by atoms with Gasteiger partial charge in [0.2, 0.25) is 5.91 Å². The van der Waals surface area contributed by atoms with E-state index in [0.717, 1.165) is 12.8 Å². The van der Waals surface area contributed by atoms with Gasteiger partial charge in [-0.3, -0.25) is 9.59 Å². The van der Waals surface area contributed by atoms with E-state index in [4.69, 9.17) is 28.8 Å². The molecule has 0 spiro atoms. The summed E-state index contributed by atoms with van der Waals surface area (Å²) >= 11 is 0. The first-order chi connectivity index (χ1) is 16.1. The second kappa shape index (κ2) is 24.8. The minimum absolute atomic E-state index is 0.167. The van der Waals surface area contributed by atoms with Gasteiger partial charge in [0.15, 0.2) is 0 Å². The number of nitrogens with one attached hydrogen (secondary N) is 1. The van der Waals surface area contributed by atoms with Gasteiger partial charge in [0, 0.05) is 13.0 Å². The minimum Gasteiger partial charge on any atom is -0.480 e. The maximum absolute atomic E-state index is 11.5. The Labute approximate surface area is 196 Å². The fourth-order valence-electron chi connectivity index (χ4n) is 2.47. The molecule has 0 rings (SSSR count). The van der Waals surface area contributed by atoms with Crippen LogP contribution in [0.15, 0.2) is 0 Å². The van der Waals surface area contributed by atoms with Crippen LogP contribution in [0.2, 0.25) is 0 Å². The molecular weight excluding hydrogens is 438 g/mol. The van der Waals surface area contributed by atoms with Crippen molar-refractivity contribution in [1.82, 2.24) is 5.32 Å². The van der Waals surface area contributed by atoms with Gasteiger partial charge < -0.3 is 38.8 Å². The van der Waals surface area contributed by atoms with Gasteiger partial charge >= 0.3 is 11.9 Å². The van der Waals surface area contributed by atoms with E-state index in [9.17, 15) is 14.4 Å². The van der Waals surface area contributed by atoms with Crippen LogP contribution in [0, 0.1) is 0 Å². The fraction of sp³-hybridized carbons (Fsp3) is 0.864. The predicted octanol–water partition coefficient (Wildman–Crippen LogP) is 1.17. The lowest BCUT2D eigenvalue weighted by molar-refractivity contribution is -0.146. The molecule has 0 atom stereocenters. The second-order valence-corrected chi connectivity index (χ2v) is 7.07. The number of aliphatic carboxylic acids is 1. The Kier molecular flexibility index (Phi) is 23.5. The van der Waals surface area contributed by atoms with Gasteiger partial charge in [0.25, 0.3) is 0 Å². The van der Waals surface area contributed by atoms with Crippen molar-refractivity contribution in [3.8, 4) is 0 Å². The normalized spacial score (nSPS) is 10.8. The monoisotopic (exact) mass is 479 g/mol. The Bertz CT molecular complexity index is 490. The molecule has 0 aromatic rings. The van der Waals surface area contributed by atoms with E-state index in [1.165, 1.54) is 19.3 Å². The molecule has 1 amide bonds. The largest absolute Gasteiger partial charge is 0.480 e. The van der Waals surface area contributed by atoms with Crippen LogP contribution in [0.25, 0.3) is 0 Å². The first-order valence-electron chi connectivity index (χ1n) is 11.6. The van der Waals surface area contributed by atoms with Gasteiger partial charge in [-0.05, 0) is 6.42 Å². The number of hydrogen-bond donors (Lipinski definition) is 2. The highest BCUT2D eigenvalue weighted by Gasteiger charge is 2.03. The zero-order valence-corrected chi connectivity index (χ0v) is 19.8. The molecule has 11 nitrogen and oxygen atoms in total. The molecule has 194 valence electrons. The molecule has 2 N–H and O–H groups in total. The van der Waals surface area contributed by atoms with Gasteiger partial charge in [-0.15, -0.1) is 0 Å². The lowest BCUT2D eigenvalue weighted by Gasteiger charge is -2.08. The van der Waals surface area contributed by atoms with Crippen molar-refractivity contribution in [2.75, 3.05) is 79.2 Å².